The van der Waals surface area contributed by atoms with Crippen molar-refractivity contribution in [1.82, 2.24) is 5.32 Å². The molecule has 2 N–H and O–H groups in total. The zero-order valence-electron chi connectivity index (χ0n) is 62.1. The lowest BCUT2D eigenvalue weighted by Crippen LogP contribution is -2.45. The predicted molar refractivity (Wildman–Crippen MR) is 412 cm³/mol. The van der Waals surface area contributed by atoms with Crippen LogP contribution in [0, 0.1) is 0 Å². The Morgan fingerprint density at radius 1 is 0.383 bits per heavy atom. The maximum Gasteiger partial charge on any atom is 0.268 e. The molecule has 0 aromatic heterocycles. The van der Waals surface area contributed by atoms with Crippen molar-refractivity contribution in [3.05, 3.63) is 134 Å². The Balaban J connectivity index is 4.07. The summed E-state index contributed by atoms with van der Waals surface area (Å²) in [7, 11) is 1.24. The normalized spacial score (nSPS) is 14.2. The van der Waals surface area contributed by atoms with E-state index in [1.54, 1.807) is 6.08 Å². The van der Waals surface area contributed by atoms with Gasteiger partial charge in [0.2, 0.25) is 5.91 Å². The van der Waals surface area contributed by atoms with E-state index in [4.69, 9.17) is 9.05 Å². The highest BCUT2D eigenvalue weighted by molar-refractivity contribution is 7.45. The molecule has 0 fully saturated rings. The molecule has 0 aliphatic rings. The summed E-state index contributed by atoms with van der Waals surface area (Å²) in [5.74, 6) is -0.209. The van der Waals surface area contributed by atoms with E-state index in [1.807, 2.05) is 27.2 Å². The molecule has 8 nitrogen and oxygen atoms in total. The molecule has 9 heteroatoms. The smallest absolute Gasteiger partial charge is 0.268 e. The third-order valence-corrected chi connectivity index (χ3v) is 18.3. The quantitative estimate of drug-likeness (QED) is 0.0272. The van der Waals surface area contributed by atoms with E-state index < -0.39 is 26.6 Å². The van der Waals surface area contributed by atoms with Gasteiger partial charge in [0.05, 0.1) is 39.9 Å². The van der Waals surface area contributed by atoms with Crippen LogP contribution in [0.15, 0.2) is 134 Å². The first-order valence-corrected chi connectivity index (χ1v) is 41.0. The first-order valence-electron chi connectivity index (χ1n) is 39.5. The van der Waals surface area contributed by atoms with E-state index in [0.717, 1.165) is 96.3 Å². The number of quaternary nitrogens is 1. The number of aliphatic hydroxyl groups excluding tert-OH is 1. The number of nitrogens with one attached hydrogen (secondary N) is 1. The second-order valence-electron chi connectivity index (χ2n) is 27.7. The number of likely N-dealkylation sites (N-methyl/N-ethyl adjacent to an activating group) is 1. The van der Waals surface area contributed by atoms with E-state index in [1.165, 1.54) is 231 Å². The summed E-state index contributed by atoms with van der Waals surface area (Å²) in [4.78, 5) is 25.7. The molecular weight excluding hydrogens is 1180 g/mol. The summed E-state index contributed by atoms with van der Waals surface area (Å²) < 4.78 is 23.5. The fourth-order valence-corrected chi connectivity index (χ4v) is 12.0. The van der Waals surface area contributed by atoms with Crippen LogP contribution >= 0.6 is 7.82 Å². The SMILES string of the molecule is CC/C=C\C/C=C\C/C=C\C/C=C\C/C=C\C/C=C\C/C=C\C/C=C\C/C=C\CCCCCCCCCCCCCCCC(=O)NC(COP(=O)([O-])OCC[N+](C)(C)C)C(O)/C=C/CC/C=C/CCCCCCCCCCCCCCCCCCCCCCCCCCC. The van der Waals surface area contributed by atoms with Crippen LogP contribution in [0.2, 0.25) is 0 Å². The minimum absolute atomic E-state index is 0.0110. The summed E-state index contributed by atoms with van der Waals surface area (Å²) in [6, 6.07) is -0.914. The highest BCUT2D eigenvalue weighted by atomic mass is 31.2. The average molecular weight is 1330 g/mol. The third kappa shape index (κ3) is 76.0. The van der Waals surface area contributed by atoms with Gasteiger partial charge in [0.15, 0.2) is 0 Å². The Morgan fingerprint density at radius 2 is 0.660 bits per heavy atom. The monoisotopic (exact) mass is 1330 g/mol. The van der Waals surface area contributed by atoms with Crippen molar-refractivity contribution in [2.45, 2.75) is 360 Å². The number of phosphoric acid groups is 1. The number of hydrogen-bond acceptors (Lipinski definition) is 6. The van der Waals surface area contributed by atoms with Crippen LogP contribution in [0.1, 0.15) is 348 Å². The number of allylic oxidation sites excluding steroid dienone is 21. The van der Waals surface area contributed by atoms with Crippen LogP contribution in [0.25, 0.3) is 0 Å². The number of carbonyl (C=O) groups is 1. The molecule has 0 saturated carbocycles. The molecule has 0 aliphatic carbocycles. The van der Waals surface area contributed by atoms with E-state index in [0.29, 0.717) is 17.4 Å². The van der Waals surface area contributed by atoms with Gasteiger partial charge in [0.1, 0.15) is 13.2 Å². The molecule has 1 amide bonds. The summed E-state index contributed by atoms with van der Waals surface area (Å²) in [5, 5.41) is 14.0. The molecule has 0 heterocycles. The number of rotatable bonds is 72. The van der Waals surface area contributed by atoms with Gasteiger partial charge in [0, 0.05) is 6.42 Å². The zero-order valence-corrected chi connectivity index (χ0v) is 63.0. The molecule has 542 valence electrons. The van der Waals surface area contributed by atoms with Crippen molar-refractivity contribution in [3.63, 3.8) is 0 Å². The largest absolute Gasteiger partial charge is 0.756 e. The molecule has 0 aliphatic heterocycles. The van der Waals surface area contributed by atoms with Gasteiger partial charge in [-0.2, -0.15) is 0 Å². The molecule has 0 bridgehead atoms. The van der Waals surface area contributed by atoms with E-state index in [-0.39, 0.29) is 12.5 Å². The molecule has 0 spiro atoms. The van der Waals surface area contributed by atoms with Crippen molar-refractivity contribution in [3.8, 4) is 0 Å². The summed E-state index contributed by atoms with van der Waals surface area (Å²) in [5.41, 5.74) is 0. The van der Waals surface area contributed by atoms with Gasteiger partial charge >= 0.3 is 0 Å². The second-order valence-corrected chi connectivity index (χ2v) is 29.1. The van der Waals surface area contributed by atoms with Crippen LogP contribution in [0.3, 0.4) is 0 Å². The number of aliphatic hydroxyl groups is 1. The van der Waals surface area contributed by atoms with Crippen molar-refractivity contribution in [1.29, 1.82) is 0 Å². The second kappa shape index (κ2) is 73.9. The molecule has 0 rings (SSSR count). The number of phosphoric ester groups is 1. The van der Waals surface area contributed by atoms with Gasteiger partial charge in [-0.25, -0.2) is 0 Å². The number of carbonyl (C=O) groups excluding carboxylic acids is 1. The van der Waals surface area contributed by atoms with Gasteiger partial charge in [-0.05, 0) is 103 Å². The third-order valence-electron chi connectivity index (χ3n) is 17.3. The Labute approximate surface area is 583 Å². The Kier molecular flexibility index (Phi) is 71.2. The molecule has 0 aromatic rings. The highest BCUT2D eigenvalue weighted by Gasteiger charge is 2.23. The van der Waals surface area contributed by atoms with Crippen LogP contribution in [-0.4, -0.2) is 68.5 Å². The van der Waals surface area contributed by atoms with Crippen LogP contribution in [0.5, 0.6) is 0 Å². The summed E-state index contributed by atoms with van der Waals surface area (Å²) >= 11 is 0. The zero-order chi connectivity index (χ0) is 68.3. The van der Waals surface area contributed by atoms with E-state index in [9.17, 15) is 19.4 Å². The molecular formula is C85H151N2O6P. The molecule has 3 atom stereocenters. The van der Waals surface area contributed by atoms with Gasteiger partial charge in [0.25, 0.3) is 7.82 Å². The van der Waals surface area contributed by atoms with Gasteiger partial charge in [-0.1, -0.05) is 372 Å². The molecule has 0 aromatic carbocycles. The van der Waals surface area contributed by atoms with Crippen molar-refractivity contribution in [2.75, 3.05) is 40.9 Å². The molecule has 3 unspecified atom stereocenters. The van der Waals surface area contributed by atoms with Crippen LogP contribution in [0.4, 0.5) is 0 Å². The van der Waals surface area contributed by atoms with Gasteiger partial charge < -0.3 is 28.8 Å². The summed E-state index contributed by atoms with van der Waals surface area (Å²) in [6.45, 7) is 4.54. The first-order chi connectivity index (χ1) is 46.0. The van der Waals surface area contributed by atoms with Gasteiger partial charge in [-0.3, -0.25) is 9.36 Å². The molecule has 0 radical (unpaired) electrons. The van der Waals surface area contributed by atoms with Crippen molar-refractivity contribution in [2.24, 2.45) is 0 Å². The summed E-state index contributed by atoms with van der Waals surface area (Å²) in [6.07, 6.45) is 112. The average Bonchev–Trinajstić information content (AvgIpc) is 1.77. The lowest BCUT2D eigenvalue weighted by Gasteiger charge is -2.29. The minimum Gasteiger partial charge on any atom is -0.756 e. The Hall–Kier alpha value is -3.36. The number of hydrogen-bond donors (Lipinski definition) is 2. The maximum atomic E-state index is 13.1. The number of amides is 1. The first kappa shape index (κ1) is 90.6. The Morgan fingerprint density at radius 3 is 0.989 bits per heavy atom. The predicted octanol–water partition coefficient (Wildman–Crippen LogP) is 25.5. The number of nitrogens with zero attached hydrogens (tertiary/aromatic N) is 1. The van der Waals surface area contributed by atoms with E-state index >= 15 is 0 Å². The molecule has 0 saturated heterocycles. The van der Waals surface area contributed by atoms with E-state index in [2.05, 4.69) is 141 Å². The fourth-order valence-electron chi connectivity index (χ4n) is 11.3. The lowest BCUT2D eigenvalue weighted by molar-refractivity contribution is -0.870. The standard InChI is InChI=1S/C85H151N2O6P/c1-6-8-10-12-14-16-18-20-22-24-26-28-30-32-34-36-38-39-40-41-42-43-44-45-46-47-49-51-53-55-57-59-61-63-65-67-69-71-73-75-77-79-85(89)86-83(82-93-94(90,91)92-81-80-87(3,4)5)84(88)78-76-74-72-70-68-66-64-62-60-58-56-54-52-50-48-37-35-33-31-29-27-25-23-21-19-17-15-13-11-9-7-2/h8,10,14,16,20,22,26,28,32,34,38-39,41-42,44-45,47,49,68,70,76,78,83-84,88H,6-7,9,11-13,15,17-19,21,23-25,27,29-31,33,35-37,40,43,46,48,50-67,69,71-75,77,79-82H2,1-5H3,(H-,86,89,90,91)/b10-8-,16-14-,22-20-,28-26-,34-32-,39-38-,42-41-,45-44-,49-47-,70-68+,78-76+. The topological polar surface area (TPSA) is 108 Å². The fraction of sp³-hybridized carbons (Fsp3) is 0.729. The Bertz CT molecular complexity index is 2000. The maximum absolute atomic E-state index is 13.1. The van der Waals surface area contributed by atoms with Crippen LogP contribution in [-0.2, 0) is 18.4 Å². The highest BCUT2D eigenvalue weighted by Crippen LogP contribution is 2.38. The van der Waals surface area contributed by atoms with Crippen molar-refractivity contribution < 1.29 is 32.9 Å². The van der Waals surface area contributed by atoms with Crippen molar-refractivity contribution >= 4 is 13.7 Å². The van der Waals surface area contributed by atoms with Crippen LogP contribution < -0.4 is 10.2 Å². The minimum atomic E-state index is -4.62. The molecule has 94 heavy (non-hydrogen) atoms. The number of unbranched alkanes of at least 4 members (excludes halogenated alkanes) is 39. The lowest BCUT2D eigenvalue weighted by atomic mass is 10.0. The van der Waals surface area contributed by atoms with Gasteiger partial charge in [-0.15, -0.1) is 0 Å².